The van der Waals surface area contributed by atoms with E-state index >= 15 is 0 Å². The van der Waals surface area contributed by atoms with Gasteiger partial charge in [0.2, 0.25) is 0 Å². The molecule has 0 saturated carbocycles. The van der Waals surface area contributed by atoms with Gasteiger partial charge in [0.1, 0.15) is 0 Å². The second-order valence-electron chi connectivity index (χ2n) is 10.4. The third-order valence-corrected chi connectivity index (χ3v) is 6.27. The first kappa shape index (κ1) is 27.7. The van der Waals surface area contributed by atoms with Crippen LogP contribution in [-0.2, 0) is 4.74 Å². The summed E-state index contributed by atoms with van der Waals surface area (Å²) in [6.07, 6.45) is 24.3. The summed E-state index contributed by atoms with van der Waals surface area (Å²) < 4.78 is 5.68. The number of allylic oxidation sites excluding steroid dienone is 10. The van der Waals surface area contributed by atoms with E-state index in [1.807, 2.05) is 0 Å². The number of unbranched alkanes of at least 4 members (excludes halogenated alkanes) is 1. The lowest BCUT2D eigenvalue weighted by Crippen LogP contribution is -2.02. The summed E-state index contributed by atoms with van der Waals surface area (Å²) in [4.78, 5) is 0. The Labute approximate surface area is 194 Å². The standard InChI is InChI=1S/C30H50O/c1-24(2)14-11-17-27(5)20-12-18-25(3)15-9-10-16-26(4)19-13-21-28(6)22-23-29-30(7,8)31-29/h14-16,20-21,29H,9-13,17-19,22-23H2,1-8H3/b25-15+,26-16+,27-20-,28-21+/t29-/m1/s1. The molecule has 176 valence electrons. The summed E-state index contributed by atoms with van der Waals surface area (Å²) in [6.45, 7) is 17.8. The Balaban J connectivity index is 2.15. The topological polar surface area (TPSA) is 12.5 Å². The van der Waals surface area contributed by atoms with Gasteiger partial charge in [-0.05, 0) is 120 Å². The predicted molar refractivity (Wildman–Crippen MR) is 140 cm³/mol. The van der Waals surface area contributed by atoms with E-state index in [-0.39, 0.29) is 5.60 Å². The number of hydrogen-bond acceptors (Lipinski definition) is 1. The zero-order valence-corrected chi connectivity index (χ0v) is 21.9. The van der Waals surface area contributed by atoms with Crippen LogP contribution in [0.1, 0.15) is 120 Å². The van der Waals surface area contributed by atoms with E-state index in [1.54, 1.807) is 0 Å². The van der Waals surface area contributed by atoms with Crippen molar-refractivity contribution >= 4 is 0 Å². The van der Waals surface area contributed by atoms with Crippen molar-refractivity contribution in [2.75, 3.05) is 0 Å². The Morgan fingerprint density at radius 1 is 0.581 bits per heavy atom. The van der Waals surface area contributed by atoms with Gasteiger partial charge < -0.3 is 4.74 Å². The highest BCUT2D eigenvalue weighted by Crippen LogP contribution is 2.38. The van der Waals surface area contributed by atoms with Crippen molar-refractivity contribution in [3.8, 4) is 0 Å². The smallest absolute Gasteiger partial charge is 0.0892 e. The number of rotatable bonds is 15. The highest BCUT2D eigenvalue weighted by Gasteiger charge is 2.46. The number of ether oxygens (including phenoxy) is 1. The van der Waals surface area contributed by atoms with Gasteiger partial charge in [0, 0.05) is 0 Å². The van der Waals surface area contributed by atoms with Crippen molar-refractivity contribution in [1.29, 1.82) is 0 Å². The van der Waals surface area contributed by atoms with Crippen molar-refractivity contribution < 1.29 is 4.74 Å². The van der Waals surface area contributed by atoms with Gasteiger partial charge in [-0.2, -0.15) is 0 Å². The van der Waals surface area contributed by atoms with Crippen molar-refractivity contribution in [3.05, 3.63) is 58.2 Å². The second-order valence-corrected chi connectivity index (χ2v) is 10.4. The number of hydrogen-bond donors (Lipinski definition) is 0. The predicted octanol–water partition coefficient (Wildman–Crippen LogP) is 9.82. The number of epoxide rings is 1. The van der Waals surface area contributed by atoms with Crippen LogP contribution < -0.4 is 0 Å². The molecule has 0 bridgehead atoms. The molecule has 0 aromatic rings. The van der Waals surface area contributed by atoms with Gasteiger partial charge in [-0.25, -0.2) is 0 Å². The van der Waals surface area contributed by atoms with E-state index in [0.717, 1.165) is 12.8 Å². The van der Waals surface area contributed by atoms with Crippen molar-refractivity contribution in [1.82, 2.24) is 0 Å². The van der Waals surface area contributed by atoms with Gasteiger partial charge in [0.05, 0.1) is 11.7 Å². The van der Waals surface area contributed by atoms with E-state index in [4.69, 9.17) is 4.74 Å². The molecule has 1 aliphatic heterocycles. The Hall–Kier alpha value is -1.34. The van der Waals surface area contributed by atoms with E-state index in [9.17, 15) is 0 Å². The molecule has 1 rings (SSSR count). The highest BCUT2D eigenvalue weighted by atomic mass is 16.6. The molecule has 0 radical (unpaired) electrons. The minimum absolute atomic E-state index is 0.132. The molecule has 31 heavy (non-hydrogen) atoms. The maximum atomic E-state index is 5.68. The van der Waals surface area contributed by atoms with E-state index in [1.165, 1.54) is 79.2 Å². The Morgan fingerprint density at radius 2 is 0.935 bits per heavy atom. The summed E-state index contributed by atoms with van der Waals surface area (Å²) >= 11 is 0. The van der Waals surface area contributed by atoms with Crippen LogP contribution in [0.3, 0.4) is 0 Å². The van der Waals surface area contributed by atoms with Crippen molar-refractivity contribution in [2.24, 2.45) is 0 Å². The summed E-state index contributed by atoms with van der Waals surface area (Å²) in [5.74, 6) is 0. The Morgan fingerprint density at radius 3 is 1.32 bits per heavy atom. The van der Waals surface area contributed by atoms with E-state index in [2.05, 4.69) is 85.8 Å². The van der Waals surface area contributed by atoms with Crippen LogP contribution in [0.15, 0.2) is 58.2 Å². The van der Waals surface area contributed by atoms with Gasteiger partial charge in [-0.1, -0.05) is 58.2 Å². The van der Waals surface area contributed by atoms with Crippen molar-refractivity contribution in [2.45, 2.75) is 131 Å². The SMILES string of the molecule is CC(C)=CCC/C(C)=C\CC/C(C)=C/CC/C=C(\C)CC/C=C(\C)CC[C@H]1OC1(C)C. The zero-order chi connectivity index (χ0) is 23.3. The first-order valence-corrected chi connectivity index (χ1v) is 12.5. The summed E-state index contributed by atoms with van der Waals surface area (Å²) in [6, 6.07) is 0. The van der Waals surface area contributed by atoms with Crippen LogP contribution >= 0.6 is 0 Å². The fourth-order valence-electron chi connectivity index (χ4n) is 3.85. The van der Waals surface area contributed by atoms with Gasteiger partial charge >= 0.3 is 0 Å². The van der Waals surface area contributed by atoms with E-state index in [0.29, 0.717) is 6.10 Å². The summed E-state index contributed by atoms with van der Waals surface area (Å²) in [5.41, 5.74) is 7.65. The molecule has 0 N–H and O–H groups in total. The molecule has 1 nitrogen and oxygen atoms in total. The maximum Gasteiger partial charge on any atom is 0.0892 e. The van der Waals surface area contributed by atoms with Gasteiger partial charge in [-0.3, -0.25) is 0 Å². The molecule has 0 aromatic carbocycles. The second kappa shape index (κ2) is 14.7. The van der Waals surface area contributed by atoms with Crippen LogP contribution in [-0.4, -0.2) is 11.7 Å². The monoisotopic (exact) mass is 426 g/mol. The fourth-order valence-corrected chi connectivity index (χ4v) is 3.85. The van der Waals surface area contributed by atoms with Crippen LogP contribution in [0, 0.1) is 0 Å². The summed E-state index contributed by atoms with van der Waals surface area (Å²) in [7, 11) is 0. The van der Waals surface area contributed by atoms with Crippen LogP contribution in [0.5, 0.6) is 0 Å². The Kier molecular flexibility index (Phi) is 13.1. The third kappa shape index (κ3) is 14.4. The zero-order valence-electron chi connectivity index (χ0n) is 21.9. The van der Waals surface area contributed by atoms with E-state index < -0.39 is 0 Å². The molecule has 1 aliphatic rings. The lowest BCUT2D eigenvalue weighted by molar-refractivity contribution is 0.320. The first-order chi connectivity index (χ1) is 14.6. The maximum absolute atomic E-state index is 5.68. The highest BCUT2D eigenvalue weighted by molar-refractivity contribution is 5.08. The lowest BCUT2D eigenvalue weighted by Gasteiger charge is -2.03. The minimum atomic E-state index is 0.132. The fraction of sp³-hybridized carbons (Fsp3) is 0.667. The average molecular weight is 427 g/mol. The van der Waals surface area contributed by atoms with Crippen molar-refractivity contribution in [3.63, 3.8) is 0 Å². The molecule has 0 spiro atoms. The molecule has 0 unspecified atom stereocenters. The normalized spacial score (nSPS) is 19.5. The molecule has 1 heteroatoms. The largest absolute Gasteiger partial charge is 0.367 e. The van der Waals surface area contributed by atoms with Crippen LogP contribution in [0.25, 0.3) is 0 Å². The third-order valence-electron chi connectivity index (χ3n) is 6.27. The molecule has 0 amide bonds. The van der Waals surface area contributed by atoms with Crippen LogP contribution in [0.4, 0.5) is 0 Å². The lowest BCUT2D eigenvalue weighted by atomic mass is 10.0. The molecule has 1 heterocycles. The van der Waals surface area contributed by atoms with Gasteiger partial charge in [-0.15, -0.1) is 0 Å². The Bertz CT molecular complexity index is 677. The first-order valence-electron chi connectivity index (χ1n) is 12.5. The quantitative estimate of drug-likeness (QED) is 0.144. The molecule has 0 aliphatic carbocycles. The minimum Gasteiger partial charge on any atom is -0.367 e. The van der Waals surface area contributed by atoms with Gasteiger partial charge in [0.25, 0.3) is 0 Å². The molecule has 1 saturated heterocycles. The molecule has 0 aromatic heterocycles. The summed E-state index contributed by atoms with van der Waals surface area (Å²) in [5, 5.41) is 0. The molecule has 1 atom stereocenters. The molecular formula is C30H50O. The van der Waals surface area contributed by atoms with Crippen LogP contribution in [0.2, 0.25) is 0 Å². The molecule has 1 fully saturated rings. The average Bonchev–Trinajstić information content (AvgIpc) is 3.30. The van der Waals surface area contributed by atoms with Gasteiger partial charge in [0.15, 0.2) is 0 Å². The molecular weight excluding hydrogens is 376 g/mol.